The number of carbonyl (C=O) groups is 1. The zero-order valence-corrected chi connectivity index (χ0v) is 9.40. The molecule has 0 bridgehead atoms. The average Bonchev–Trinajstić information content (AvgIpc) is 2.13. The van der Waals surface area contributed by atoms with Crippen molar-refractivity contribution >= 4 is 5.97 Å². The van der Waals surface area contributed by atoms with E-state index in [1.807, 2.05) is 50.2 Å². The van der Waals surface area contributed by atoms with E-state index in [9.17, 15) is 4.79 Å². The van der Waals surface area contributed by atoms with Crippen LogP contribution in [-0.2, 0) is 4.79 Å². The van der Waals surface area contributed by atoms with Crippen LogP contribution in [0.2, 0.25) is 0 Å². The molecular formula is C12H17NO2. The highest BCUT2D eigenvalue weighted by atomic mass is 16.4. The summed E-state index contributed by atoms with van der Waals surface area (Å²) < 4.78 is 0. The van der Waals surface area contributed by atoms with E-state index in [-0.39, 0.29) is 12.5 Å². The van der Waals surface area contributed by atoms with Gasteiger partial charge in [-0.3, -0.25) is 4.79 Å². The van der Waals surface area contributed by atoms with Crippen molar-refractivity contribution < 1.29 is 9.90 Å². The number of hydrogen-bond acceptors (Lipinski definition) is 2. The Bertz CT molecular complexity index is 347. The molecule has 82 valence electrons. The number of carboxylic acids is 1. The van der Waals surface area contributed by atoms with Crippen LogP contribution >= 0.6 is 0 Å². The zero-order chi connectivity index (χ0) is 11.4. The minimum absolute atomic E-state index is 0.0533. The maximum atomic E-state index is 10.7. The summed E-state index contributed by atoms with van der Waals surface area (Å²) >= 11 is 0. The second-order valence-corrected chi connectivity index (χ2v) is 3.99. The molecule has 1 aromatic carbocycles. The molecule has 1 atom stereocenters. The summed E-state index contributed by atoms with van der Waals surface area (Å²) in [6, 6.07) is 7.93. The van der Waals surface area contributed by atoms with Gasteiger partial charge in [0.15, 0.2) is 0 Å². The van der Waals surface area contributed by atoms with Crippen molar-refractivity contribution in [3.63, 3.8) is 0 Å². The van der Waals surface area contributed by atoms with Gasteiger partial charge in [0.05, 0.1) is 6.42 Å². The molecule has 15 heavy (non-hydrogen) atoms. The Kier molecular flexibility index (Phi) is 3.86. The first-order chi connectivity index (χ1) is 7.00. The Morgan fingerprint density at radius 2 is 2.13 bits per heavy atom. The molecule has 1 aromatic rings. The lowest BCUT2D eigenvalue weighted by Crippen LogP contribution is -2.22. The molecule has 1 rings (SSSR count). The second kappa shape index (κ2) is 4.94. The highest BCUT2D eigenvalue weighted by Gasteiger charge is 2.17. The van der Waals surface area contributed by atoms with Crippen molar-refractivity contribution in [2.24, 2.45) is 0 Å². The van der Waals surface area contributed by atoms with Gasteiger partial charge in [-0.25, -0.2) is 0 Å². The van der Waals surface area contributed by atoms with Crippen molar-refractivity contribution in [2.75, 3.05) is 14.1 Å². The van der Waals surface area contributed by atoms with E-state index >= 15 is 0 Å². The number of benzene rings is 1. The van der Waals surface area contributed by atoms with Crippen molar-refractivity contribution in [3.8, 4) is 0 Å². The molecule has 0 spiro atoms. The normalized spacial score (nSPS) is 12.8. The molecule has 3 nitrogen and oxygen atoms in total. The van der Waals surface area contributed by atoms with Gasteiger partial charge in [0, 0.05) is 6.04 Å². The van der Waals surface area contributed by atoms with Crippen molar-refractivity contribution in [2.45, 2.75) is 19.4 Å². The van der Waals surface area contributed by atoms with Gasteiger partial charge in [-0.2, -0.15) is 0 Å². The van der Waals surface area contributed by atoms with Gasteiger partial charge in [0.1, 0.15) is 0 Å². The van der Waals surface area contributed by atoms with Crippen molar-refractivity contribution in [3.05, 3.63) is 35.4 Å². The van der Waals surface area contributed by atoms with Crippen LogP contribution in [0.1, 0.15) is 23.6 Å². The lowest BCUT2D eigenvalue weighted by Gasteiger charge is -2.23. The molecule has 0 aromatic heterocycles. The number of hydrogen-bond donors (Lipinski definition) is 1. The fraction of sp³-hybridized carbons (Fsp3) is 0.417. The van der Waals surface area contributed by atoms with Gasteiger partial charge in [-0.15, -0.1) is 0 Å². The topological polar surface area (TPSA) is 40.5 Å². The lowest BCUT2D eigenvalue weighted by molar-refractivity contribution is -0.138. The predicted octanol–water partition coefficient (Wildman–Crippen LogP) is 2.07. The van der Waals surface area contributed by atoms with Crippen LogP contribution in [0, 0.1) is 6.92 Å². The summed E-state index contributed by atoms with van der Waals surface area (Å²) in [4.78, 5) is 12.7. The maximum absolute atomic E-state index is 10.7. The second-order valence-electron chi connectivity index (χ2n) is 3.99. The zero-order valence-electron chi connectivity index (χ0n) is 9.40. The fourth-order valence-electron chi connectivity index (χ4n) is 1.64. The third-order valence-corrected chi connectivity index (χ3v) is 2.42. The molecule has 0 aliphatic heterocycles. The summed E-state index contributed by atoms with van der Waals surface area (Å²) in [7, 11) is 3.80. The quantitative estimate of drug-likeness (QED) is 0.821. The molecule has 0 amide bonds. The highest BCUT2D eigenvalue weighted by molar-refractivity contribution is 5.67. The molecule has 0 aliphatic carbocycles. The molecule has 0 saturated carbocycles. The molecule has 3 heteroatoms. The van der Waals surface area contributed by atoms with E-state index in [0.717, 1.165) is 11.1 Å². The predicted molar refractivity (Wildman–Crippen MR) is 59.9 cm³/mol. The molecule has 0 heterocycles. The van der Waals surface area contributed by atoms with Crippen LogP contribution in [-0.4, -0.2) is 30.1 Å². The standard InChI is InChI=1S/C12H17NO2/c1-9-5-4-6-10(7-9)11(13(2)3)8-12(14)15/h4-7,11H,8H2,1-3H3,(H,14,15). The molecule has 0 saturated heterocycles. The van der Waals surface area contributed by atoms with E-state index in [0.29, 0.717) is 0 Å². The number of aryl methyl sites for hydroxylation is 1. The minimum Gasteiger partial charge on any atom is -0.481 e. The van der Waals surface area contributed by atoms with E-state index < -0.39 is 5.97 Å². The Hall–Kier alpha value is -1.35. The van der Waals surface area contributed by atoms with Crippen LogP contribution in [0.3, 0.4) is 0 Å². The molecule has 0 radical (unpaired) electrons. The van der Waals surface area contributed by atoms with Crippen LogP contribution in [0.25, 0.3) is 0 Å². The van der Waals surface area contributed by atoms with Gasteiger partial charge in [0.25, 0.3) is 0 Å². The third-order valence-electron chi connectivity index (χ3n) is 2.42. The Morgan fingerprint density at radius 3 is 2.60 bits per heavy atom. The van der Waals surface area contributed by atoms with Gasteiger partial charge in [0.2, 0.25) is 0 Å². The highest BCUT2D eigenvalue weighted by Crippen LogP contribution is 2.22. The third kappa shape index (κ3) is 3.36. The minimum atomic E-state index is -0.768. The van der Waals surface area contributed by atoms with Gasteiger partial charge in [-0.05, 0) is 26.6 Å². The molecule has 0 fully saturated rings. The summed E-state index contributed by atoms with van der Waals surface area (Å²) in [6.45, 7) is 2.01. The number of rotatable bonds is 4. The Morgan fingerprint density at radius 1 is 1.47 bits per heavy atom. The SMILES string of the molecule is Cc1cccc(C(CC(=O)O)N(C)C)c1. The summed E-state index contributed by atoms with van der Waals surface area (Å²) in [5, 5.41) is 8.84. The van der Waals surface area contributed by atoms with Crippen LogP contribution in [0.5, 0.6) is 0 Å². The van der Waals surface area contributed by atoms with Gasteiger partial charge in [-0.1, -0.05) is 29.8 Å². The first-order valence-electron chi connectivity index (χ1n) is 4.95. The first kappa shape index (κ1) is 11.7. The lowest BCUT2D eigenvalue weighted by atomic mass is 10.0. The maximum Gasteiger partial charge on any atom is 0.305 e. The fourth-order valence-corrected chi connectivity index (χ4v) is 1.64. The summed E-state index contributed by atoms with van der Waals surface area (Å²) in [5.41, 5.74) is 2.21. The monoisotopic (exact) mass is 207 g/mol. The number of carboxylic acid groups (broad SMARTS) is 1. The number of aliphatic carboxylic acids is 1. The smallest absolute Gasteiger partial charge is 0.305 e. The first-order valence-corrected chi connectivity index (χ1v) is 4.95. The molecule has 0 aliphatic rings. The van der Waals surface area contributed by atoms with Crippen molar-refractivity contribution in [1.29, 1.82) is 0 Å². The van der Waals surface area contributed by atoms with E-state index in [1.54, 1.807) is 0 Å². The molecule has 1 N–H and O–H groups in total. The van der Waals surface area contributed by atoms with Gasteiger partial charge < -0.3 is 10.0 Å². The van der Waals surface area contributed by atoms with Crippen molar-refractivity contribution in [1.82, 2.24) is 4.90 Å². The van der Waals surface area contributed by atoms with E-state index in [1.165, 1.54) is 0 Å². The molecular weight excluding hydrogens is 190 g/mol. The van der Waals surface area contributed by atoms with E-state index in [4.69, 9.17) is 5.11 Å². The van der Waals surface area contributed by atoms with Crippen LogP contribution < -0.4 is 0 Å². The average molecular weight is 207 g/mol. The van der Waals surface area contributed by atoms with Crippen LogP contribution in [0.4, 0.5) is 0 Å². The Balaban J connectivity index is 2.93. The Labute approximate surface area is 90.3 Å². The van der Waals surface area contributed by atoms with Crippen LogP contribution in [0.15, 0.2) is 24.3 Å². The summed E-state index contributed by atoms with van der Waals surface area (Å²) in [6.07, 6.45) is 0.135. The molecule has 1 unspecified atom stereocenters. The summed E-state index contributed by atoms with van der Waals surface area (Å²) in [5.74, 6) is -0.768. The van der Waals surface area contributed by atoms with E-state index in [2.05, 4.69) is 0 Å². The largest absolute Gasteiger partial charge is 0.481 e. The van der Waals surface area contributed by atoms with Gasteiger partial charge >= 0.3 is 5.97 Å². The number of nitrogens with zero attached hydrogens (tertiary/aromatic N) is 1.